The Labute approximate surface area is 143 Å². The fourth-order valence-corrected chi connectivity index (χ4v) is 2.75. The molecule has 0 N–H and O–H groups in total. The molecule has 0 fully saturated rings. The Hall–Kier alpha value is -2.68. The van der Waals surface area contributed by atoms with Crippen LogP contribution in [0.3, 0.4) is 0 Å². The van der Waals surface area contributed by atoms with E-state index < -0.39 is 0 Å². The lowest BCUT2D eigenvalue weighted by Gasteiger charge is -2.06. The molecule has 1 aliphatic heterocycles. The minimum atomic E-state index is 0.244. The molecule has 0 bridgehead atoms. The molecule has 3 rings (SSSR count). The molecule has 0 atom stereocenters. The van der Waals surface area contributed by atoms with Crippen LogP contribution in [0.4, 0.5) is 0 Å². The normalized spacial score (nSPS) is 13.6. The summed E-state index contributed by atoms with van der Waals surface area (Å²) >= 11 is 0. The molecule has 1 radical (unpaired) electrons. The van der Waals surface area contributed by atoms with Crippen molar-refractivity contribution in [1.82, 2.24) is 5.32 Å². The Morgan fingerprint density at radius 2 is 1.42 bits per heavy atom. The number of Topliss-reactive ketones (excluding diaryl/α,β-unsaturated/α-hetero) is 1. The summed E-state index contributed by atoms with van der Waals surface area (Å²) in [6.45, 7) is 1.64. The molecular formula is C21H21N2O. The molecule has 121 valence electrons. The SMILES string of the molecule is CC(=O)CCCCC1=NC(c2ccccc2)=C(c2ccccc2)[N]1. The van der Waals surface area contributed by atoms with Gasteiger partial charge in [-0.3, -0.25) is 0 Å². The van der Waals surface area contributed by atoms with Gasteiger partial charge in [0.2, 0.25) is 0 Å². The first kappa shape index (κ1) is 16.2. The average Bonchev–Trinajstić information content (AvgIpc) is 3.04. The highest BCUT2D eigenvalue weighted by Crippen LogP contribution is 2.31. The van der Waals surface area contributed by atoms with Gasteiger partial charge in [0.05, 0.1) is 11.4 Å². The highest BCUT2D eigenvalue weighted by molar-refractivity contribution is 6.07. The van der Waals surface area contributed by atoms with E-state index in [9.17, 15) is 4.79 Å². The summed E-state index contributed by atoms with van der Waals surface area (Å²) in [5.74, 6) is 1.10. The molecule has 0 saturated heterocycles. The van der Waals surface area contributed by atoms with Crippen molar-refractivity contribution in [1.29, 1.82) is 0 Å². The standard InChI is InChI=1S/C21H21N2O/c1-16(24)10-8-9-15-19-22-20(17-11-4-2-5-12-17)21(23-19)18-13-6-3-7-14-18/h2-7,11-14H,8-10,15H2,1H3. The summed E-state index contributed by atoms with van der Waals surface area (Å²) in [7, 11) is 0. The van der Waals surface area contributed by atoms with Gasteiger partial charge in [-0.2, -0.15) is 0 Å². The number of aliphatic imine (C=N–C) groups is 1. The Morgan fingerprint density at radius 3 is 2.00 bits per heavy atom. The zero-order valence-electron chi connectivity index (χ0n) is 13.9. The van der Waals surface area contributed by atoms with Crippen molar-refractivity contribution in [3.8, 4) is 0 Å². The van der Waals surface area contributed by atoms with E-state index >= 15 is 0 Å². The molecule has 0 amide bonds. The predicted octanol–water partition coefficient (Wildman–Crippen LogP) is 4.68. The van der Waals surface area contributed by atoms with Crippen LogP contribution in [-0.2, 0) is 4.79 Å². The van der Waals surface area contributed by atoms with Gasteiger partial charge in [-0.1, -0.05) is 60.7 Å². The van der Waals surface area contributed by atoms with Crippen LogP contribution in [0.5, 0.6) is 0 Å². The maximum absolute atomic E-state index is 11.1. The maximum atomic E-state index is 11.1. The maximum Gasteiger partial charge on any atom is 0.129 e. The Kier molecular flexibility index (Phi) is 5.22. The van der Waals surface area contributed by atoms with Crippen LogP contribution in [0.1, 0.15) is 43.7 Å². The molecule has 0 saturated carbocycles. The zero-order chi connectivity index (χ0) is 16.8. The molecule has 0 spiro atoms. The number of amidine groups is 1. The van der Waals surface area contributed by atoms with Crippen molar-refractivity contribution in [3.63, 3.8) is 0 Å². The van der Waals surface area contributed by atoms with Crippen LogP contribution in [-0.4, -0.2) is 11.6 Å². The summed E-state index contributed by atoms with van der Waals surface area (Å²) in [5.41, 5.74) is 4.03. The van der Waals surface area contributed by atoms with Gasteiger partial charge in [0.15, 0.2) is 0 Å². The van der Waals surface area contributed by atoms with E-state index in [1.54, 1.807) is 6.92 Å². The van der Waals surface area contributed by atoms with Crippen molar-refractivity contribution in [2.45, 2.75) is 32.6 Å². The summed E-state index contributed by atoms with van der Waals surface area (Å²) in [5, 5.41) is 4.78. The zero-order valence-corrected chi connectivity index (χ0v) is 13.9. The summed E-state index contributed by atoms with van der Waals surface area (Å²) in [4.78, 5) is 15.8. The second kappa shape index (κ2) is 7.73. The fourth-order valence-electron chi connectivity index (χ4n) is 2.75. The number of hydrogen-bond acceptors (Lipinski definition) is 2. The molecule has 2 aromatic carbocycles. The third kappa shape index (κ3) is 3.99. The van der Waals surface area contributed by atoms with Crippen molar-refractivity contribution < 1.29 is 4.79 Å². The Bertz CT molecular complexity index is 761. The van der Waals surface area contributed by atoms with Crippen LogP contribution < -0.4 is 5.32 Å². The minimum Gasteiger partial charge on any atom is -0.300 e. The molecule has 3 nitrogen and oxygen atoms in total. The van der Waals surface area contributed by atoms with E-state index in [4.69, 9.17) is 10.3 Å². The monoisotopic (exact) mass is 317 g/mol. The number of ketones is 1. The van der Waals surface area contributed by atoms with E-state index in [0.717, 1.165) is 47.6 Å². The van der Waals surface area contributed by atoms with Gasteiger partial charge in [-0.05, 0) is 19.8 Å². The van der Waals surface area contributed by atoms with Crippen LogP contribution in [0.15, 0.2) is 65.7 Å². The topological polar surface area (TPSA) is 43.5 Å². The Morgan fingerprint density at radius 1 is 0.833 bits per heavy atom. The summed E-state index contributed by atoms with van der Waals surface area (Å²) in [6.07, 6.45) is 3.27. The number of benzene rings is 2. The van der Waals surface area contributed by atoms with Gasteiger partial charge in [0.25, 0.3) is 0 Å². The molecule has 0 aromatic heterocycles. The third-order valence-electron chi connectivity index (χ3n) is 3.98. The van der Waals surface area contributed by atoms with E-state index in [0.29, 0.717) is 6.42 Å². The van der Waals surface area contributed by atoms with Gasteiger partial charge in [0.1, 0.15) is 11.6 Å². The molecule has 3 heteroatoms. The lowest BCUT2D eigenvalue weighted by Crippen LogP contribution is -2.10. The first-order valence-electron chi connectivity index (χ1n) is 8.38. The highest BCUT2D eigenvalue weighted by Gasteiger charge is 2.21. The van der Waals surface area contributed by atoms with Crippen LogP contribution in [0, 0.1) is 0 Å². The molecule has 0 unspecified atom stereocenters. The lowest BCUT2D eigenvalue weighted by atomic mass is 10.1. The van der Waals surface area contributed by atoms with Crippen LogP contribution in [0.25, 0.3) is 11.4 Å². The highest BCUT2D eigenvalue weighted by atomic mass is 16.1. The van der Waals surface area contributed by atoms with E-state index in [1.807, 2.05) is 36.4 Å². The van der Waals surface area contributed by atoms with Gasteiger partial charge in [-0.25, -0.2) is 10.3 Å². The van der Waals surface area contributed by atoms with E-state index in [2.05, 4.69) is 24.3 Å². The largest absolute Gasteiger partial charge is 0.300 e. The molecular weight excluding hydrogens is 296 g/mol. The van der Waals surface area contributed by atoms with Gasteiger partial charge >= 0.3 is 0 Å². The quantitative estimate of drug-likeness (QED) is 0.684. The van der Waals surface area contributed by atoms with Crippen molar-refractivity contribution in [2.24, 2.45) is 4.99 Å². The minimum absolute atomic E-state index is 0.244. The summed E-state index contributed by atoms with van der Waals surface area (Å²) < 4.78 is 0. The number of carbonyl (C=O) groups is 1. The van der Waals surface area contributed by atoms with Crippen LogP contribution >= 0.6 is 0 Å². The van der Waals surface area contributed by atoms with E-state index in [1.165, 1.54) is 0 Å². The first-order valence-corrected chi connectivity index (χ1v) is 8.38. The smallest absolute Gasteiger partial charge is 0.129 e. The second-order valence-electron chi connectivity index (χ2n) is 5.98. The van der Waals surface area contributed by atoms with Crippen LogP contribution in [0.2, 0.25) is 0 Å². The van der Waals surface area contributed by atoms with Crippen molar-refractivity contribution >= 4 is 23.0 Å². The number of unbranched alkanes of at least 4 members (excludes halogenated alkanes) is 1. The Balaban J connectivity index is 1.80. The lowest BCUT2D eigenvalue weighted by molar-refractivity contribution is -0.117. The van der Waals surface area contributed by atoms with Crippen molar-refractivity contribution in [3.05, 3.63) is 71.8 Å². The predicted molar refractivity (Wildman–Crippen MR) is 98.4 cm³/mol. The number of nitrogens with zero attached hydrogens (tertiary/aromatic N) is 2. The summed E-state index contributed by atoms with van der Waals surface area (Å²) in [6, 6.07) is 20.3. The van der Waals surface area contributed by atoms with Gasteiger partial charge < -0.3 is 4.79 Å². The van der Waals surface area contributed by atoms with E-state index in [-0.39, 0.29) is 5.78 Å². The molecule has 2 aromatic rings. The second-order valence-corrected chi connectivity index (χ2v) is 5.98. The number of hydrogen-bond donors (Lipinski definition) is 0. The fraction of sp³-hybridized carbons (Fsp3) is 0.238. The molecule has 24 heavy (non-hydrogen) atoms. The van der Waals surface area contributed by atoms with Gasteiger partial charge in [0, 0.05) is 24.0 Å². The first-order chi connectivity index (χ1) is 11.7. The van der Waals surface area contributed by atoms with Crippen molar-refractivity contribution in [2.75, 3.05) is 0 Å². The third-order valence-corrected chi connectivity index (χ3v) is 3.98. The van der Waals surface area contributed by atoms with Gasteiger partial charge in [-0.15, -0.1) is 0 Å². The molecule has 1 heterocycles. The molecule has 1 aliphatic rings. The average molecular weight is 317 g/mol. The number of carbonyl (C=O) groups excluding carboxylic acids is 1. The molecule has 0 aliphatic carbocycles. The number of rotatable bonds is 7.